The average molecular weight is 321 g/mol. The molecule has 0 bridgehead atoms. The number of aromatic nitrogens is 2. The number of pyridine rings is 1. The van der Waals surface area contributed by atoms with Crippen LogP contribution in [0.1, 0.15) is 11.1 Å². The first-order valence-corrected chi connectivity index (χ1v) is 7.44. The van der Waals surface area contributed by atoms with Gasteiger partial charge in [-0.05, 0) is 24.6 Å². The third-order valence-electron chi connectivity index (χ3n) is 4.57. The second-order valence-corrected chi connectivity index (χ2v) is 5.74. The van der Waals surface area contributed by atoms with E-state index in [0.717, 1.165) is 32.9 Å². The molecule has 0 atom stereocenters. The molecule has 3 heterocycles. The highest BCUT2D eigenvalue weighted by atomic mass is 17.1. The van der Waals surface area contributed by atoms with Gasteiger partial charge in [-0.15, -0.1) is 0 Å². The van der Waals surface area contributed by atoms with E-state index in [1.54, 1.807) is 4.40 Å². The van der Waals surface area contributed by atoms with Gasteiger partial charge in [0.2, 0.25) is 5.88 Å². The van der Waals surface area contributed by atoms with E-state index in [-0.39, 0.29) is 5.88 Å². The van der Waals surface area contributed by atoms with Gasteiger partial charge in [0.1, 0.15) is 17.1 Å². The summed E-state index contributed by atoms with van der Waals surface area (Å²) in [5.74, 6) is 0.573. The molecule has 24 heavy (non-hydrogen) atoms. The van der Waals surface area contributed by atoms with Crippen molar-refractivity contribution in [3.8, 4) is 17.8 Å². The molecular weight excluding hydrogens is 306 g/mol. The second-order valence-electron chi connectivity index (χ2n) is 5.74. The summed E-state index contributed by atoms with van der Waals surface area (Å²) >= 11 is 0. The third-order valence-corrected chi connectivity index (χ3v) is 4.57. The zero-order valence-electron chi connectivity index (χ0n) is 13.5. The average Bonchev–Trinajstić information content (AvgIpc) is 3.07. The van der Waals surface area contributed by atoms with E-state index in [4.69, 9.17) is 9.62 Å². The Bertz CT molecular complexity index is 1160. The van der Waals surface area contributed by atoms with Crippen molar-refractivity contribution in [1.82, 2.24) is 8.97 Å². The third kappa shape index (κ3) is 1.57. The number of nitrogens with zero attached hydrogens (tertiary/aromatic N) is 3. The fraction of sp³-hybridized carbons (Fsp3) is 0.167. The smallest absolute Gasteiger partial charge is 0.268 e. The van der Waals surface area contributed by atoms with E-state index in [2.05, 4.69) is 6.07 Å². The molecule has 0 aliphatic rings. The van der Waals surface area contributed by atoms with Gasteiger partial charge in [-0.1, -0.05) is 18.2 Å². The van der Waals surface area contributed by atoms with Crippen LogP contribution in [0.15, 0.2) is 30.3 Å². The van der Waals surface area contributed by atoms with Crippen molar-refractivity contribution in [1.29, 1.82) is 5.26 Å². The number of para-hydroxylation sites is 1. The molecule has 0 radical (unpaired) electrons. The Hall–Kier alpha value is -3.17. The highest BCUT2D eigenvalue weighted by Gasteiger charge is 2.25. The maximum absolute atomic E-state index is 9.55. The molecule has 0 spiro atoms. The van der Waals surface area contributed by atoms with Crippen molar-refractivity contribution >= 4 is 27.3 Å². The maximum Gasteiger partial charge on any atom is 0.268 e. The first kappa shape index (κ1) is 14.4. The largest absolute Gasteiger partial charge is 0.481 e. The SMILES string of the molecule is COc1c(C#N)c(C)cc2c3c4ccccc4n(C)c3c(OO)n12. The van der Waals surface area contributed by atoms with E-state index in [0.29, 0.717) is 11.4 Å². The van der Waals surface area contributed by atoms with E-state index in [1.807, 2.05) is 48.9 Å². The van der Waals surface area contributed by atoms with E-state index in [1.165, 1.54) is 7.11 Å². The Balaban J connectivity index is 2.38. The Morgan fingerprint density at radius 3 is 2.58 bits per heavy atom. The summed E-state index contributed by atoms with van der Waals surface area (Å²) in [7, 11) is 3.41. The number of benzene rings is 1. The number of rotatable bonds is 2. The lowest BCUT2D eigenvalue weighted by Crippen LogP contribution is -2.02. The molecule has 1 aromatic carbocycles. The zero-order chi connectivity index (χ0) is 17.0. The van der Waals surface area contributed by atoms with Crippen molar-refractivity contribution < 1.29 is 14.9 Å². The standard InChI is InChI=1S/C18H15N3O3/c1-10-8-14-15-11-6-4-5-7-13(11)20(2)16(15)18(24-22)21(14)17(23-3)12(10)9-19/h4-8,22H,1-3H3. The Kier molecular flexibility index (Phi) is 2.95. The lowest BCUT2D eigenvalue weighted by Gasteiger charge is -2.11. The number of methoxy groups -OCH3 is 1. The monoisotopic (exact) mass is 321 g/mol. The van der Waals surface area contributed by atoms with Crippen LogP contribution in [0.25, 0.3) is 27.3 Å². The predicted octanol–water partition coefficient (Wildman–Crippen LogP) is 3.62. The molecule has 0 saturated carbocycles. The number of ether oxygens (including phenoxy) is 1. The first-order chi connectivity index (χ1) is 11.6. The fourth-order valence-corrected chi connectivity index (χ4v) is 3.54. The van der Waals surface area contributed by atoms with Crippen LogP contribution in [0.5, 0.6) is 11.8 Å². The van der Waals surface area contributed by atoms with Crippen LogP contribution in [-0.4, -0.2) is 21.3 Å². The molecule has 3 aromatic heterocycles. The van der Waals surface area contributed by atoms with Crippen LogP contribution in [0.2, 0.25) is 0 Å². The summed E-state index contributed by atoms with van der Waals surface area (Å²) in [6.45, 7) is 1.87. The summed E-state index contributed by atoms with van der Waals surface area (Å²) in [4.78, 5) is 4.73. The Morgan fingerprint density at radius 2 is 1.92 bits per heavy atom. The Labute approximate surface area is 137 Å². The lowest BCUT2D eigenvalue weighted by molar-refractivity contribution is -0.141. The van der Waals surface area contributed by atoms with Gasteiger partial charge in [0.05, 0.1) is 12.6 Å². The quantitative estimate of drug-likeness (QED) is 0.452. The van der Waals surface area contributed by atoms with Gasteiger partial charge in [0.25, 0.3) is 5.88 Å². The number of fused-ring (bicyclic) bond motifs is 5. The van der Waals surface area contributed by atoms with Crippen molar-refractivity contribution in [3.05, 3.63) is 41.5 Å². The van der Waals surface area contributed by atoms with Crippen LogP contribution in [0.3, 0.4) is 0 Å². The van der Waals surface area contributed by atoms with Crippen LogP contribution >= 0.6 is 0 Å². The normalized spacial score (nSPS) is 11.3. The second kappa shape index (κ2) is 4.91. The van der Waals surface area contributed by atoms with Crippen molar-refractivity contribution in [2.24, 2.45) is 7.05 Å². The summed E-state index contributed by atoms with van der Waals surface area (Å²) < 4.78 is 9.07. The van der Waals surface area contributed by atoms with Crippen molar-refractivity contribution in [3.63, 3.8) is 0 Å². The molecular formula is C18H15N3O3. The molecule has 4 rings (SSSR count). The molecule has 0 aliphatic heterocycles. The zero-order valence-corrected chi connectivity index (χ0v) is 13.5. The van der Waals surface area contributed by atoms with Gasteiger partial charge < -0.3 is 14.2 Å². The molecule has 0 aliphatic carbocycles. The molecule has 1 N–H and O–H groups in total. The maximum atomic E-state index is 9.55. The van der Waals surface area contributed by atoms with Crippen LogP contribution < -0.4 is 9.62 Å². The summed E-state index contributed by atoms with van der Waals surface area (Å²) in [5, 5.41) is 21.0. The number of hydrogen-bond donors (Lipinski definition) is 1. The Morgan fingerprint density at radius 1 is 1.17 bits per heavy atom. The molecule has 0 fully saturated rings. The highest BCUT2D eigenvalue weighted by Crippen LogP contribution is 2.42. The van der Waals surface area contributed by atoms with E-state index < -0.39 is 0 Å². The van der Waals surface area contributed by atoms with E-state index in [9.17, 15) is 10.5 Å². The van der Waals surface area contributed by atoms with E-state index >= 15 is 0 Å². The minimum atomic E-state index is 0.229. The van der Waals surface area contributed by atoms with Gasteiger partial charge in [0, 0.05) is 23.3 Å². The van der Waals surface area contributed by atoms with Gasteiger partial charge in [-0.2, -0.15) is 5.26 Å². The van der Waals surface area contributed by atoms with Gasteiger partial charge >= 0.3 is 0 Å². The molecule has 120 valence electrons. The molecule has 4 aromatic rings. The fourth-order valence-electron chi connectivity index (χ4n) is 3.54. The lowest BCUT2D eigenvalue weighted by atomic mass is 10.1. The van der Waals surface area contributed by atoms with Gasteiger partial charge in [0.15, 0.2) is 0 Å². The summed E-state index contributed by atoms with van der Waals surface area (Å²) in [6, 6.07) is 12.1. The minimum absolute atomic E-state index is 0.229. The van der Waals surface area contributed by atoms with Crippen LogP contribution in [-0.2, 0) is 7.05 Å². The number of nitriles is 1. The van der Waals surface area contributed by atoms with Gasteiger partial charge in [-0.25, -0.2) is 9.66 Å². The topological polar surface area (TPSA) is 71.8 Å². The molecule has 6 nitrogen and oxygen atoms in total. The summed E-state index contributed by atoms with van der Waals surface area (Å²) in [6.07, 6.45) is 0. The molecule has 0 unspecified atom stereocenters. The molecule has 6 heteroatoms. The molecule has 0 saturated heterocycles. The minimum Gasteiger partial charge on any atom is -0.481 e. The number of hydrogen-bond acceptors (Lipinski definition) is 4. The van der Waals surface area contributed by atoms with Crippen molar-refractivity contribution in [2.45, 2.75) is 6.92 Å². The van der Waals surface area contributed by atoms with Crippen LogP contribution in [0, 0.1) is 18.3 Å². The number of aryl methyl sites for hydroxylation is 2. The molecule has 0 amide bonds. The first-order valence-electron chi connectivity index (χ1n) is 7.44. The highest BCUT2D eigenvalue weighted by molar-refractivity contribution is 6.18. The summed E-state index contributed by atoms with van der Waals surface area (Å²) in [5.41, 5.74) is 3.81. The van der Waals surface area contributed by atoms with Crippen molar-refractivity contribution in [2.75, 3.05) is 7.11 Å². The van der Waals surface area contributed by atoms with Gasteiger partial charge in [-0.3, -0.25) is 0 Å². The van der Waals surface area contributed by atoms with Crippen LogP contribution in [0.4, 0.5) is 0 Å². The predicted molar refractivity (Wildman–Crippen MR) is 90.6 cm³/mol.